The summed E-state index contributed by atoms with van der Waals surface area (Å²) < 4.78 is 28.9. The van der Waals surface area contributed by atoms with Crippen LogP contribution in [0.3, 0.4) is 0 Å². The number of fused-ring (bicyclic) bond motifs is 2. The Morgan fingerprint density at radius 2 is 1.62 bits per heavy atom. The number of nitrogens with one attached hydrogen (secondary N) is 1. The molecule has 26 heavy (non-hydrogen) atoms. The summed E-state index contributed by atoms with van der Waals surface area (Å²) in [6.45, 7) is 4.44. The van der Waals surface area contributed by atoms with Crippen LogP contribution in [0.15, 0.2) is 12.1 Å². The summed E-state index contributed by atoms with van der Waals surface area (Å²) >= 11 is 0. The quantitative estimate of drug-likeness (QED) is 0.816. The van der Waals surface area contributed by atoms with Crippen molar-refractivity contribution in [1.29, 1.82) is 0 Å². The lowest BCUT2D eigenvalue weighted by atomic mass is 9.69. The van der Waals surface area contributed by atoms with Gasteiger partial charge in [-0.25, -0.2) is 8.78 Å². The normalized spacial score (nSPS) is 24.8. The van der Waals surface area contributed by atoms with Crippen LogP contribution < -0.4 is 5.32 Å². The Bertz CT molecular complexity index is 615. The SMILES string of the molecule is Fc1ccc(F)c2c1CNCC21CCN(CC2CCCCCCC2)CC1. The second-order valence-corrected chi connectivity index (χ2v) is 8.78. The first-order valence-corrected chi connectivity index (χ1v) is 10.6. The van der Waals surface area contributed by atoms with Crippen molar-refractivity contribution in [2.24, 2.45) is 5.92 Å². The highest BCUT2D eigenvalue weighted by molar-refractivity contribution is 5.40. The molecule has 1 aromatic rings. The number of halogens is 2. The summed E-state index contributed by atoms with van der Waals surface area (Å²) in [6.07, 6.45) is 11.6. The Hall–Kier alpha value is -1.00. The topological polar surface area (TPSA) is 15.3 Å². The summed E-state index contributed by atoms with van der Waals surface area (Å²) in [5.41, 5.74) is 1.00. The Morgan fingerprint density at radius 3 is 2.35 bits per heavy atom. The number of piperidine rings is 1. The number of rotatable bonds is 2. The van der Waals surface area contributed by atoms with Crippen molar-refractivity contribution >= 4 is 0 Å². The predicted octanol–water partition coefficient (Wildman–Crippen LogP) is 4.76. The van der Waals surface area contributed by atoms with E-state index in [1.807, 2.05) is 0 Å². The van der Waals surface area contributed by atoms with Crippen molar-refractivity contribution in [2.45, 2.75) is 69.7 Å². The summed E-state index contributed by atoms with van der Waals surface area (Å²) in [6, 6.07) is 2.60. The highest BCUT2D eigenvalue weighted by Gasteiger charge is 2.42. The van der Waals surface area contributed by atoms with E-state index < -0.39 is 0 Å². The number of hydrogen-bond acceptors (Lipinski definition) is 2. The highest BCUT2D eigenvalue weighted by Crippen LogP contribution is 2.41. The largest absolute Gasteiger partial charge is 0.312 e. The van der Waals surface area contributed by atoms with Gasteiger partial charge in [0.05, 0.1) is 0 Å². The van der Waals surface area contributed by atoms with Crippen molar-refractivity contribution in [3.05, 3.63) is 34.9 Å². The van der Waals surface area contributed by atoms with Gasteiger partial charge in [-0.1, -0.05) is 32.1 Å². The maximum Gasteiger partial charge on any atom is 0.128 e. The zero-order valence-electron chi connectivity index (χ0n) is 15.8. The van der Waals surface area contributed by atoms with Crippen LogP contribution in [0, 0.1) is 17.6 Å². The fourth-order valence-corrected chi connectivity index (χ4v) is 5.53. The Balaban J connectivity index is 1.43. The molecule has 1 aromatic carbocycles. The number of benzene rings is 1. The van der Waals surface area contributed by atoms with E-state index in [9.17, 15) is 8.78 Å². The molecule has 2 nitrogen and oxygen atoms in total. The van der Waals surface area contributed by atoms with Crippen molar-refractivity contribution in [2.75, 3.05) is 26.2 Å². The summed E-state index contributed by atoms with van der Waals surface area (Å²) in [4.78, 5) is 2.59. The minimum atomic E-state index is -0.259. The fourth-order valence-electron chi connectivity index (χ4n) is 5.53. The van der Waals surface area contributed by atoms with Crippen LogP contribution in [0.1, 0.15) is 68.9 Å². The van der Waals surface area contributed by atoms with Crippen LogP contribution in [-0.2, 0) is 12.0 Å². The molecule has 1 saturated heterocycles. The van der Waals surface area contributed by atoms with Crippen molar-refractivity contribution in [3.8, 4) is 0 Å². The molecule has 1 N–H and O–H groups in total. The third kappa shape index (κ3) is 3.68. The molecular weight excluding hydrogens is 330 g/mol. The van der Waals surface area contributed by atoms with Gasteiger partial charge < -0.3 is 10.2 Å². The maximum atomic E-state index is 14.6. The summed E-state index contributed by atoms with van der Waals surface area (Å²) in [5, 5.41) is 3.36. The first-order valence-electron chi connectivity index (χ1n) is 10.6. The van der Waals surface area contributed by atoms with Gasteiger partial charge in [-0.15, -0.1) is 0 Å². The van der Waals surface area contributed by atoms with E-state index in [1.165, 1.54) is 63.6 Å². The molecular formula is C22H32F2N2. The Kier molecular flexibility index (Phi) is 5.61. The van der Waals surface area contributed by atoms with Gasteiger partial charge in [-0.2, -0.15) is 0 Å². The lowest BCUT2D eigenvalue weighted by Crippen LogP contribution is -2.52. The molecule has 0 radical (unpaired) electrons. The number of likely N-dealkylation sites (tertiary alicyclic amines) is 1. The van der Waals surface area contributed by atoms with E-state index in [1.54, 1.807) is 0 Å². The van der Waals surface area contributed by atoms with E-state index in [4.69, 9.17) is 0 Å². The average molecular weight is 363 g/mol. The van der Waals surface area contributed by atoms with Gasteiger partial charge in [-0.05, 0) is 56.8 Å². The van der Waals surface area contributed by atoms with Crippen molar-refractivity contribution < 1.29 is 8.78 Å². The number of nitrogens with zero attached hydrogens (tertiary/aromatic N) is 1. The Morgan fingerprint density at radius 1 is 0.962 bits per heavy atom. The van der Waals surface area contributed by atoms with E-state index in [-0.39, 0.29) is 17.0 Å². The van der Waals surface area contributed by atoms with Crippen LogP contribution in [0.25, 0.3) is 0 Å². The summed E-state index contributed by atoms with van der Waals surface area (Å²) in [5.74, 6) is 0.358. The predicted molar refractivity (Wildman–Crippen MR) is 101 cm³/mol. The molecule has 1 aliphatic carbocycles. The molecule has 0 unspecified atom stereocenters. The van der Waals surface area contributed by atoms with Gasteiger partial charge >= 0.3 is 0 Å². The minimum absolute atomic E-state index is 0.212. The minimum Gasteiger partial charge on any atom is -0.312 e. The van der Waals surface area contributed by atoms with Crippen LogP contribution in [0.2, 0.25) is 0 Å². The third-order valence-electron chi connectivity index (χ3n) is 7.05. The molecule has 1 spiro atoms. The first-order chi connectivity index (χ1) is 12.7. The molecule has 0 atom stereocenters. The molecule has 2 fully saturated rings. The van der Waals surface area contributed by atoms with Gasteiger partial charge in [0.2, 0.25) is 0 Å². The highest BCUT2D eigenvalue weighted by atomic mass is 19.1. The van der Waals surface area contributed by atoms with Gasteiger partial charge in [0.1, 0.15) is 11.6 Å². The smallest absolute Gasteiger partial charge is 0.128 e. The van der Waals surface area contributed by atoms with E-state index in [2.05, 4.69) is 10.2 Å². The first kappa shape index (κ1) is 18.4. The van der Waals surface area contributed by atoms with Crippen LogP contribution >= 0.6 is 0 Å². The maximum absolute atomic E-state index is 14.6. The molecule has 3 aliphatic rings. The number of hydrogen-bond donors (Lipinski definition) is 1. The standard InChI is InChI=1S/C22H32F2N2/c23-19-8-9-20(24)21-18(19)14-25-16-22(21)10-12-26(13-11-22)15-17-6-4-2-1-3-5-7-17/h8-9,17,25H,1-7,10-16H2. The van der Waals surface area contributed by atoms with Crippen molar-refractivity contribution in [3.63, 3.8) is 0 Å². The van der Waals surface area contributed by atoms with E-state index in [0.717, 1.165) is 38.4 Å². The average Bonchev–Trinajstić information content (AvgIpc) is 2.62. The summed E-state index contributed by atoms with van der Waals surface area (Å²) in [7, 11) is 0. The van der Waals surface area contributed by atoms with Gasteiger partial charge in [-0.3, -0.25) is 0 Å². The van der Waals surface area contributed by atoms with Crippen molar-refractivity contribution in [1.82, 2.24) is 10.2 Å². The van der Waals surface area contributed by atoms with Gasteiger partial charge in [0.25, 0.3) is 0 Å². The lowest BCUT2D eigenvalue weighted by Gasteiger charge is -2.46. The van der Waals surface area contributed by atoms with Gasteiger partial charge in [0, 0.05) is 36.2 Å². The molecule has 1 saturated carbocycles. The molecule has 4 heteroatoms. The second kappa shape index (κ2) is 7.93. The molecule has 2 heterocycles. The molecule has 4 rings (SSSR count). The fraction of sp³-hybridized carbons (Fsp3) is 0.727. The van der Waals surface area contributed by atoms with E-state index >= 15 is 0 Å². The zero-order chi connectivity index (χ0) is 18.0. The van der Waals surface area contributed by atoms with Crippen LogP contribution in [0.5, 0.6) is 0 Å². The van der Waals surface area contributed by atoms with Crippen LogP contribution in [-0.4, -0.2) is 31.1 Å². The second-order valence-electron chi connectivity index (χ2n) is 8.78. The molecule has 2 aliphatic heterocycles. The van der Waals surface area contributed by atoms with Crippen LogP contribution in [0.4, 0.5) is 8.78 Å². The zero-order valence-corrected chi connectivity index (χ0v) is 15.8. The Labute approximate surface area is 156 Å². The molecule has 0 bridgehead atoms. The van der Waals surface area contributed by atoms with Gasteiger partial charge in [0.15, 0.2) is 0 Å². The third-order valence-corrected chi connectivity index (χ3v) is 7.05. The monoisotopic (exact) mass is 362 g/mol. The molecule has 0 aromatic heterocycles. The van der Waals surface area contributed by atoms with E-state index in [0.29, 0.717) is 17.7 Å². The molecule has 144 valence electrons. The molecule has 0 amide bonds. The lowest BCUT2D eigenvalue weighted by molar-refractivity contribution is 0.123.